The summed E-state index contributed by atoms with van der Waals surface area (Å²) in [4.78, 5) is 17.3. The van der Waals surface area contributed by atoms with Crippen molar-refractivity contribution in [1.29, 1.82) is 0 Å². The molecule has 3 rings (SSSR count). The van der Waals surface area contributed by atoms with Gasteiger partial charge in [-0.2, -0.15) is 0 Å². The van der Waals surface area contributed by atoms with Crippen molar-refractivity contribution in [2.24, 2.45) is 0 Å². The van der Waals surface area contributed by atoms with Crippen LogP contribution in [-0.4, -0.2) is 55.0 Å². The zero-order chi connectivity index (χ0) is 19.9. The summed E-state index contributed by atoms with van der Waals surface area (Å²) in [7, 11) is 1.68. The van der Waals surface area contributed by atoms with Crippen LogP contribution in [0.3, 0.4) is 0 Å². The number of nitrogens with one attached hydrogen (secondary N) is 1. The zero-order valence-corrected chi connectivity index (χ0v) is 17.1. The molecule has 1 aliphatic heterocycles. The van der Waals surface area contributed by atoms with Crippen molar-refractivity contribution in [3.05, 3.63) is 65.7 Å². The Balaban J connectivity index is 1.50. The molecule has 1 fully saturated rings. The average Bonchev–Trinajstić information content (AvgIpc) is 2.74. The molecule has 5 nitrogen and oxygen atoms in total. The van der Waals surface area contributed by atoms with Crippen molar-refractivity contribution in [3.8, 4) is 5.75 Å². The quantitative estimate of drug-likeness (QED) is 0.801. The highest BCUT2D eigenvalue weighted by Gasteiger charge is 2.26. The molecule has 1 aliphatic rings. The second-order valence-electron chi connectivity index (χ2n) is 7.44. The number of benzene rings is 2. The Morgan fingerprint density at radius 3 is 2.32 bits per heavy atom. The Kier molecular flexibility index (Phi) is 7.06. The molecule has 2 unspecified atom stereocenters. The fraction of sp³-hybridized carbons (Fsp3) is 0.435. The number of para-hydroxylation sites is 1. The second kappa shape index (κ2) is 9.71. The van der Waals surface area contributed by atoms with E-state index in [4.69, 9.17) is 4.74 Å². The minimum absolute atomic E-state index is 0.0365. The van der Waals surface area contributed by atoms with Gasteiger partial charge in [0, 0.05) is 44.3 Å². The Bertz CT molecular complexity index is 757. The van der Waals surface area contributed by atoms with Crippen molar-refractivity contribution in [1.82, 2.24) is 15.1 Å². The van der Waals surface area contributed by atoms with E-state index in [0.29, 0.717) is 0 Å². The number of carbonyl (C=O) groups is 1. The summed E-state index contributed by atoms with van der Waals surface area (Å²) in [5.74, 6) is 1.01. The molecule has 1 saturated heterocycles. The van der Waals surface area contributed by atoms with Crippen LogP contribution >= 0.6 is 0 Å². The smallest absolute Gasteiger partial charge is 0.239 e. The van der Waals surface area contributed by atoms with E-state index in [0.717, 1.165) is 44.0 Å². The number of rotatable bonds is 7. The van der Waals surface area contributed by atoms with Crippen molar-refractivity contribution < 1.29 is 9.53 Å². The van der Waals surface area contributed by atoms with Crippen LogP contribution in [0.4, 0.5) is 0 Å². The number of carbonyl (C=O) groups excluding carboxylic acids is 1. The van der Waals surface area contributed by atoms with Gasteiger partial charge in [0.25, 0.3) is 0 Å². The van der Waals surface area contributed by atoms with Crippen LogP contribution in [0.15, 0.2) is 54.6 Å². The summed E-state index contributed by atoms with van der Waals surface area (Å²) in [6.45, 7) is 8.35. The van der Waals surface area contributed by atoms with Gasteiger partial charge in [-0.25, -0.2) is 0 Å². The molecule has 0 aromatic heterocycles. The standard InChI is InChI=1S/C23H31N3O2/c1-18(21-11-7-8-12-22(21)28-3)24-19(2)23(27)26-15-13-25(14-16-26)17-20-9-5-4-6-10-20/h4-12,18-19,24H,13-17H2,1-3H3. The molecule has 0 radical (unpaired) electrons. The van der Waals surface area contributed by atoms with Crippen LogP contribution < -0.4 is 10.1 Å². The van der Waals surface area contributed by atoms with E-state index in [1.807, 2.05) is 42.2 Å². The third-order valence-electron chi connectivity index (χ3n) is 5.41. The minimum Gasteiger partial charge on any atom is -0.496 e. The predicted molar refractivity (Wildman–Crippen MR) is 112 cm³/mol. The van der Waals surface area contributed by atoms with Gasteiger partial charge in [-0.15, -0.1) is 0 Å². The largest absolute Gasteiger partial charge is 0.496 e. The van der Waals surface area contributed by atoms with E-state index in [-0.39, 0.29) is 18.0 Å². The molecule has 0 spiro atoms. The molecule has 0 saturated carbocycles. The van der Waals surface area contributed by atoms with Crippen molar-refractivity contribution in [3.63, 3.8) is 0 Å². The predicted octanol–water partition coefficient (Wildman–Crippen LogP) is 3.08. The fourth-order valence-corrected chi connectivity index (χ4v) is 3.80. The molecule has 150 valence electrons. The summed E-state index contributed by atoms with van der Waals surface area (Å²) in [5, 5.41) is 3.43. The first kappa shape index (κ1) is 20.4. The average molecular weight is 382 g/mol. The SMILES string of the molecule is COc1ccccc1C(C)NC(C)C(=O)N1CCN(Cc2ccccc2)CC1. The third-order valence-corrected chi connectivity index (χ3v) is 5.41. The highest BCUT2D eigenvalue weighted by atomic mass is 16.5. The molecule has 1 heterocycles. The monoisotopic (exact) mass is 381 g/mol. The van der Waals surface area contributed by atoms with Crippen LogP contribution in [0.5, 0.6) is 5.75 Å². The normalized spacial score (nSPS) is 17.2. The van der Waals surface area contributed by atoms with Gasteiger partial charge in [0.1, 0.15) is 5.75 Å². The lowest BCUT2D eigenvalue weighted by atomic mass is 10.1. The third kappa shape index (κ3) is 5.12. The Hall–Kier alpha value is -2.37. The van der Waals surface area contributed by atoms with Gasteiger partial charge in [-0.3, -0.25) is 15.0 Å². The van der Waals surface area contributed by atoms with Crippen LogP contribution in [0.2, 0.25) is 0 Å². The van der Waals surface area contributed by atoms with Gasteiger partial charge in [-0.05, 0) is 25.5 Å². The second-order valence-corrected chi connectivity index (χ2v) is 7.44. The molecule has 28 heavy (non-hydrogen) atoms. The molecule has 0 aliphatic carbocycles. The molecule has 2 aromatic rings. The van der Waals surface area contributed by atoms with Gasteiger partial charge >= 0.3 is 0 Å². The van der Waals surface area contributed by atoms with E-state index in [1.165, 1.54) is 5.56 Å². The van der Waals surface area contributed by atoms with Crippen LogP contribution in [0, 0.1) is 0 Å². The van der Waals surface area contributed by atoms with E-state index < -0.39 is 0 Å². The molecule has 1 N–H and O–H groups in total. The number of nitrogens with zero attached hydrogens (tertiary/aromatic N) is 2. The number of hydrogen-bond donors (Lipinski definition) is 1. The highest BCUT2D eigenvalue weighted by molar-refractivity contribution is 5.81. The van der Waals surface area contributed by atoms with Crippen LogP contribution in [0.25, 0.3) is 0 Å². The summed E-state index contributed by atoms with van der Waals surface area (Å²) >= 11 is 0. The van der Waals surface area contributed by atoms with Crippen molar-refractivity contribution in [2.75, 3.05) is 33.3 Å². The lowest BCUT2D eigenvalue weighted by Crippen LogP contribution is -2.53. The maximum atomic E-state index is 12.9. The van der Waals surface area contributed by atoms with E-state index in [1.54, 1.807) is 7.11 Å². The highest BCUT2D eigenvalue weighted by Crippen LogP contribution is 2.24. The summed E-state index contributed by atoms with van der Waals surface area (Å²) in [6.07, 6.45) is 0. The molecular weight excluding hydrogens is 350 g/mol. The Labute approximate surface area is 168 Å². The number of methoxy groups -OCH3 is 1. The fourth-order valence-electron chi connectivity index (χ4n) is 3.80. The number of hydrogen-bond acceptors (Lipinski definition) is 4. The molecule has 5 heteroatoms. The van der Waals surface area contributed by atoms with Gasteiger partial charge in [-0.1, -0.05) is 48.5 Å². The maximum absolute atomic E-state index is 12.9. The van der Waals surface area contributed by atoms with Gasteiger partial charge < -0.3 is 9.64 Å². The molecule has 1 amide bonds. The Morgan fingerprint density at radius 1 is 1.00 bits per heavy atom. The van der Waals surface area contributed by atoms with Crippen LogP contribution in [-0.2, 0) is 11.3 Å². The van der Waals surface area contributed by atoms with Gasteiger partial charge in [0.15, 0.2) is 0 Å². The first-order valence-electron chi connectivity index (χ1n) is 10.0. The minimum atomic E-state index is -0.236. The van der Waals surface area contributed by atoms with E-state index in [9.17, 15) is 4.79 Å². The molecule has 2 atom stereocenters. The van der Waals surface area contributed by atoms with Crippen molar-refractivity contribution >= 4 is 5.91 Å². The number of ether oxygens (including phenoxy) is 1. The lowest BCUT2D eigenvalue weighted by Gasteiger charge is -2.36. The summed E-state index contributed by atoms with van der Waals surface area (Å²) in [6, 6.07) is 18.2. The summed E-state index contributed by atoms with van der Waals surface area (Å²) < 4.78 is 5.44. The maximum Gasteiger partial charge on any atom is 0.239 e. The van der Waals surface area contributed by atoms with E-state index >= 15 is 0 Å². The molecule has 2 aromatic carbocycles. The summed E-state index contributed by atoms with van der Waals surface area (Å²) in [5.41, 5.74) is 2.39. The van der Waals surface area contributed by atoms with E-state index in [2.05, 4.69) is 41.4 Å². The molecular formula is C23H31N3O2. The number of piperazine rings is 1. The first-order chi connectivity index (χ1) is 13.6. The molecule has 0 bridgehead atoms. The first-order valence-corrected chi connectivity index (χ1v) is 10.0. The Morgan fingerprint density at radius 2 is 1.64 bits per heavy atom. The zero-order valence-electron chi connectivity index (χ0n) is 17.1. The number of amides is 1. The van der Waals surface area contributed by atoms with Crippen molar-refractivity contribution in [2.45, 2.75) is 32.5 Å². The lowest BCUT2D eigenvalue weighted by molar-refractivity contribution is -0.135. The van der Waals surface area contributed by atoms with Gasteiger partial charge in [0.05, 0.1) is 13.2 Å². The van der Waals surface area contributed by atoms with Crippen LogP contribution in [0.1, 0.15) is 31.0 Å². The topological polar surface area (TPSA) is 44.8 Å². The van der Waals surface area contributed by atoms with Gasteiger partial charge in [0.2, 0.25) is 5.91 Å².